The number of H-pyrrole nitrogens is 1. The maximum absolute atomic E-state index is 14.0. The minimum Gasteiger partial charge on any atom is -0.490 e. The van der Waals surface area contributed by atoms with Crippen LogP contribution in [0.15, 0.2) is 76.6 Å². The molecule has 3 amide bonds. The molecule has 2 aliphatic heterocycles. The molecule has 246 valence electrons. The monoisotopic (exact) mass is 701 g/mol. The Labute approximate surface area is 290 Å². The van der Waals surface area contributed by atoms with E-state index in [0.29, 0.717) is 34.5 Å². The van der Waals surface area contributed by atoms with Crippen molar-refractivity contribution < 1.29 is 23.9 Å². The molecule has 1 saturated heterocycles. The first kappa shape index (κ1) is 31.2. The number of thiazole rings is 1. The van der Waals surface area contributed by atoms with Crippen molar-refractivity contribution in [3.8, 4) is 11.5 Å². The number of amides is 3. The number of ether oxygens (including phenoxy) is 2. The van der Waals surface area contributed by atoms with E-state index in [4.69, 9.17) is 21.1 Å². The molecule has 0 unspecified atom stereocenters. The fourth-order valence-electron chi connectivity index (χ4n) is 8.40. The van der Waals surface area contributed by atoms with Crippen LogP contribution in [0.2, 0.25) is 5.02 Å². The van der Waals surface area contributed by atoms with E-state index in [0.717, 1.165) is 27.5 Å². The smallest absolute Gasteiger partial charge is 0.305 e. The Kier molecular flexibility index (Phi) is 7.88. The minimum atomic E-state index is -0.416. The van der Waals surface area contributed by atoms with Crippen molar-refractivity contribution >= 4 is 63.8 Å². The summed E-state index contributed by atoms with van der Waals surface area (Å²) in [5.41, 5.74) is 3.22. The Morgan fingerprint density at radius 2 is 1.75 bits per heavy atom. The second kappa shape index (κ2) is 12.1. The molecule has 4 aromatic rings. The standard InChI is InChI=1S/C36H32ClN3O6S2/c1-3-45-25-14-18(7-12-24(25)46-16-26(41)38-20-6-4-5-17(2)13-20)27-28-22-15-23(31(28)47-33-32(27)48-36(44)39-33)30-29(22)34(42)40(35(30)43)21-10-8-19(37)9-11-21/h4-14,22-23,27-31H,3,15-16H2,1-2H3,(H,38,41)(H,39,44)/t22-,23-,27+,28-,29+,30+,31-/m1/s1. The van der Waals surface area contributed by atoms with Crippen molar-refractivity contribution in [2.24, 2.45) is 29.6 Å². The molecule has 9 nitrogen and oxygen atoms in total. The van der Waals surface area contributed by atoms with Gasteiger partial charge in [0.1, 0.15) is 0 Å². The van der Waals surface area contributed by atoms with Crippen molar-refractivity contribution in [2.45, 2.75) is 36.5 Å². The van der Waals surface area contributed by atoms with Crippen LogP contribution in [0.3, 0.4) is 0 Å². The van der Waals surface area contributed by atoms with Crippen LogP contribution in [-0.4, -0.2) is 41.2 Å². The first-order valence-electron chi connectivity index (χ1n) is 16.0. The van der Waals surface area contributed by atoms with Gasteiger partial charge in [0.05, 0.1) is 29.2 Å². The Hall–Kier alpha value is -4.06. The average Bonchev–Trinajstić information content (AvgIpc) is 3.80. The van der Waals surface area contributed by atoms with Crippen molar-refractivity contribution in [2.75, 3.05) is 23.4 Å². The molecule has 2 aliphatic carbocycles. The molecule has 4 aliphatic rings. The molecule has 12 heteroatoms. The number of nitrogens with one attached hydrogen (secondary N) is 2. The summed E-state index contributed by atoms with van der Waals surface area (Å²) in [6.45, 7) is 4.03. The van der Waals surface area contributed by atoms with Crippen molar-refractivity contribution in [3.63, 3.8) is 0 Å². The fraction of sp³-hybridized carbons (Fsp3) is 0.333. The Morgan fingerprint density at radius 1 is 0.979 bits per heavy atom. The summed E-state index contributed by atoms with van der Waals surface area (Å²) in [5.74, 6) is -0.639. The predicted molar refractivity (Wildman–Crippen MR) is 185 cm³/mol. The molecule has 1 aromatic heterocycles. The molecule has 3 heterocycles. The van der Waals surface area contributed by atoms with Crippen LogP contribution in [-0.2, 0) is 14.4 Å². The lowest BCUT2D eigenvalue weighted by Gasteiger charge is -2.43. The number of rotatable bonds is 8. The number of imide groups is 1. The number of benzene rings is 3. The number of nitrogens with zero attached hydrogens (tertiary/aromatic N) is 1. The second-order valence-corrected chi connectivity index (χ2v) is 15.4. The van der Waals surface area contributed by atoms with E-state index in [1.165, 1.54) is 16.2 Å². The van der Waals surface area contributed by atoms with Gasteiger partial charge in [0.25, 0.3) is 5.91 Å². The number of hydrogen-bond donors (Lipinski definition) is 2. The molecule has 2 saturated carbocycles. The van der Waals surface area contributed by atoms with Crippen LogP contribution in [0.1, 0.15) is 35.3 Å². The zero-order valence-corrected chi connectivity index (χ0v) is 28.5. The zero-order chi connectivity index (χ0) is 33.3. The van der Waals surface area contributed by atoms with Gasteiger partial charge in [0.2, 0.25) is 11.8 Å². The van der Waals surface area contributed by atoms with Crippen LogP contribution in [0, 0.1) is 36.5 Å². The molecule has 3 aromatic carbocycles. The Balaban J connectivity index is 1.10. The van der Waals surface area contributed by atoms with Gasteiger partial charge < -0.3 is 19.8 Å². The van der Waals surface area contributed by atoms with Gasteiger partial charge in [-0.2, -0.15) is 0 Å². The first-order valence-corrected chi connectivity index (χ1v) is 18.1. The summed E-state index contributed by atoms with van der Waals surface area (Å²) in [4.78, 5) is 58.6. The van der Waals surface area contributed by atoms with Gasteiger partial charge in [-0.05, 0) is 97.7 Å². The highest BCUT2D eigenvalue weighted by atomic mass is 35.5. The van der Waals surface area contributed by atoms with Gasteiger partial charge in [-0.15, -0.1) is 11.8 Å². The quantitative estimate of drug-likeness (QED) is 0.202. The van der Waals surface area contributed by atoms with Crippen LogP contribution in [0.25, 0.3) is 0 Å². The predicted octanol–water partition coefficient (Wildman–Crippen LogP) is 6.49. The lowest BCUT2D eigenvalue weighted by atomic mass is 9.68. The normalized spacial score (nSPS) is 26.6. The van der Waals surface area contributed by atoms with Crippen molar-refractivity contribution in [3.05, 3.63) is 97.4 Å². The van der Waals surface area contributed by atoms with Gasteiger partial charge >= 0.3 is 4.87 Å². The third-order valence-electron chi connectivity index (χ3n) is 10.1. The molecule has 0 radical (unpaired) electrons. The third-order valence-corrected chi connectivity index (χ3v) is 12.9. The lowest BCUT2D eigenvalue weighted by molar-refractivity contribution is -0.123. The molecular weight excluding hydrogens is 670 g/mol. The number of fused-ring (bicyclic) bond motifs is 9. The molecule has 2 bridgehead atoms. The molecule has 0 spiro atoms. The van der Waals surface area contributed by atoms with Crippen LogP contribution >= 0.6 is 34.7 Å². The number of halogens is 1. The van der Waals surface area contributed by atoms with E-state index >= 15 is 0 Å². The number of carbonyl (C=O) groups is 3. The molecule has 3 fully saturated rings. The molecular formula is C36H32ClN3O6S2. The van der Waals surface area contributed by atoms with E-state index in [1.807, 2.05) is 56.3 Å². The van der Waals surface area contributed by atoms with E-state index in [1.54, 1.807) is 36.0 Å². The largest absolute Gasteiger partial charge is 0.490 e. The summed E-state index contributed by atoms with van der Waals surface area (Å²) in [6, 6.07) is 20.1. The van der Waals surface area contributed by atoms with Gasteiger partial charge in [0, 0.05) is 26.8 Å². The number of aryl methyl sites for hydroxylation is 1. The van der Waals surface area contributed by atoms with E-state index < -0.39 is 5.92 Å². The first-order chi connectivity index (χ1) is 23.2. The summed E-state index contributed by atoms with van der Waals surface area (Å²) < 4.78 is 12.0. The summed E-state index contributed by atoms with van der Waals surface area (Å²) in [5, 5.41) is 4.29. The van der Waals surface area contributed by atoms with E-state index in [9.17, 15) is 19.2 Å². The molecule has 48 heavy (non-hydrogen) atoms. The second-order valence-electron chi connectivity index (χ2n) is 12.8. The summed E-state index contributed by atoms with van der Waals surface area (Å²) >= 11 is 8.95. The van der Waals surface area contributed by atoms with Crippen LogP contribution < -0.4 is 24.6 Å². The molecule has 8 rings (SSSR count). The van der Waals surface area contributed by atoms with Gasteiger partial charge in [-0.25, -0.2) is 0 Å². The fourth-order valence-corrected chi connectivity index (χ4v) is 11.4. The Bertz CT molecular complexity index is 2010. The number of aromatic amines is 1. The van der Waals surface area contributed by atoms with Gasteiger partial charge in [-0.3, -0.25) is 24.1 Å². The van der Waals surface area contributed by atoms with Gasteiger partial charge in [-0.1, -0.05) is 41.1 Å². The minimum absolute atomic E-state index is 0.00341. The highest BCUT2D eigenvalue weighted by Gasteiger charge is 2.69. The zero-order valence-electron chi connectivity index (χ0n) is 26.1. The molecule has 2 N–H and O–H groups in total. The maximum Gasteiger partial charge on any atom is 0.305 e. The summed E-state index contributed by atoms with van der Waals surface area (Å²) in [7, 11) is 0. The van der Waals surface area contributed by atoms with Gasteiger partial charge in [0.15, 0.2) is 18.1 Å². The Morgan fingerprint density at radius 3 is 2.50 bits per heavy atom. The highest BCUT2D eigenvalue weighted by molar-refractivity contribution is 8.00. The van der Waals surface area contributed by atoms with E-state index in [2.05, 4.69) is 10.3 Å². The van der Waals surface area contributed by atoms with Crippen molar-refractivity contribution in [1.29, 1.82) is 0 Å². The van der Waals surface area contributed by atoms with Crippen LogP contribution in [0.5, 0.6) is 11.5 Å². The third kappa shape index (κ3) is 5.14. The number of anilines is 2. The number of carbonyl (C=O) groups excluding carboxylic acids is 3. The highest BCUT2D eigenvalue weighted by Crippen LogP contribution is 2.68. The SMILES string of the molecule is CCOc1cc([C@@H]2c3sc(=O)[nH]c3S[C@@H]3[C@@H]4C[C@@H]([C@@H]5C(=O)N(c6ccc(Cl)cc6)C(=O)[C@@H]45)[C@H]23)ccc1OCC(=O)Nc1cccc(C)c1. The molecule has 7 atom stereocenters. The van der Waals surface area contributed by atoms with E-state index in [-0.39, 0.29) is 64.0 Å². The maximum atomic E-state index is 14.0. The topological polar surface area (TPSA) is 118 Å². The number of aromatic nitrogens is 1. The summed E-state index contributed by atoms with van der Waals surface area (Å²) in [6.07, 6.45) is 0.787. The number of thioether (sulfide) groups is 1. The average molecular weight is 702 g/mol. The van der Waals surface area contributed by atoms with Crippen molar-refractivity contribution in [1.82, 2.24) is 4.98 Å². The lowest BCUT2D eigenvalue weighted by Crippen LogP contribution is -2.42. The van der Waals surface area contributed by atoms with Crippen LogP contribution in [0.4, 0.5) is 11.4 Å². The number of hydrogen-bond acceptors (Lipinski definition) is 8.